The van der Waals surface area contributed by atoms with Gasteiger partial charge in [0.25, 0.3) is 5.91 Å². The lowest BCUT2D eigenvalue weighted by Crippen LogP contribution is -2.37. The first-order valence-electron chi connectivity index (χ1n) is 4.10. The first kappa shape index (κ1) is 11.7. The molecule has 0 spiro atoms. The summed E-state index contributed by atoms with van der Waals surface area (Å²) in [4.78, 5) is 26.4. The Morgan fingerprint density at radius 2 is 1.92 bits per heavy atom. The fraction of sp³-hybridized carbons (Fsp3) is 0.556. The summed E-state index contributed by atoms with van der Waals surface area (Å²) in [5.74, 6) is -0.785. The molecule has 74 valence electrons. The van der Waals surface area contributed by atoms with E-state index < -0.39 is 5.97 Å². The van der Waals surface area contributed by atoms with Crippen LogP contribution in [0.1, 0.15) is 27.7 Å². The maximum Gasteiger partial charge on any atom is 0.329 e. The normalized spacial score (nSPS) is 12.6. The van der Waals surface area contributed by atoms with Gasteiger partial charge in [-0.05, 0) is 13.8 Å². The van der Waals surface area contributed by atoms with Gasteiger partial charge in [-0.3, -0.25) is 9.59 Å². The third-order valence-corrected chi connectivity index (χ3v) is 1.38. The topological polar surface area (TPSA) is 46.6 Å². The summed E-state index contributed by atoms with van der Waals surface area (Å²) in [7, 11) is 0. The van der Waals surface area contributed by atoms with Crippen molar-refractivity contribution in [1.29, 1.82) is 0 Å². The molecule has 0 saturated heterocycles. The van der Waals surface area contributed by atoms with Crippen LogP contribution in [-0.2, 0) is 14.4 Å². The molecule has 4 heteroatoms. The van der Waals surface area contributed by atoms with Gasteiger partial charge in [0.15, 0.2) is 0 Å². The zero-order chi connectivity index (χ0) is 10.4. The summed E-state index contributed by atoms with van der Waals surface area (Å²) in [6.07, 6.45) is 3.56. The van der Waals surface area contributed by atoms with Crippen LogP contribution in [0.2, 0.25) is 0 Å². The van der Waals surface area contributed by atoms with Crippen LogP contribution in [0, 0.1) is 0 Å². The fourth-order valence-corrected chi connectivity index (χ4v) is 0.929. The van der Waals surface area contributed by atoms with Crippen molar-refractivity contribution in [3.63, 3.8) is 0 Å². The van der Waals surface area contributed by atoms with Crippen LogP contribution in [-0.4, -0.2) is 23.0 Å². The zero-order valence-corrected chi connectivity index (χ0v) is 8.40. The molecule has 0 radical (unpaired) electrons. The Kier molecular flexibility index (Phi) is 4.80. The van der Waals surface area contributed by atoms with E-state index >= 15 is 0 Å². The third-order valence-electron chi connectivity index (χ3n) is 1.38. The van der Waals surface area contributed by atoms with E-state index in [0.717, 1.165) is 5.06 Å². The maximum atomic E-state index is 11.0. The summed E-state index contributed by atoms with van der Waals surface area (Å²) in [6.45, 7) is 6.22. The highest BCUT2D eigenvalue weighted by Crippen LogP contribution is 2.02. The molecule has 4 nitrogen and oxygen atoms in total. The average molecular weight is 185 g/mol. The molecular formula is C9H15NO3. The Labute approximate surface area is 78.1 Å². The zero-order valence-electron chi connectivity index (χ0n) is 8.40. The van der Waals surface area contributed by atoms with Gasteiger partial charge < -0.3 is 4.84 Å². The van der Waals surface area contributed by atoms with Gasteiger partial charge in [-0.25, -0.2) is 0 Å². The van der Waals surface area contributed by atoms with Gasteiger partial charge in [0.1, 0.15) is 0 Å². The molecule has 0 aromatic carbocycles. The number of carbonyl (C=O) groups is 2. The standard InChI is InChI=1S/C9H15NO3/c1-5-6-7(2)10(8(3)11)13-9(4)12/h5-7H,1-4H3. The number of nitrogens with zero attached hydrogens (tertiary/aromatic N) is 1. The third kappa shape index (κ3) is 4.30. The monoisotopic (exact) mass is 185 g/mol. The molecule has 1 atom stereocenters. The molecular weight excluding hydrogens is 170 g/mol. The molecule has 0 fully saturated rings. The van der Waals surface area contributed by atoms with Crippen molar-refractivity contribution in [2.75, 3.05) is 0 Å². The SMILES string of the molecule is CC=CC(C)N(OC(C)=O)C(C)=O. The van der Waals surface area contributed by atoms with Gasteiger partial charge in [-0.1, -0.05) is 12.2 Å². The fourth-order valence-electron chi connectivity index (χ4n) is 0.929. The van der Waals surface area contributed by atoms with E-state index in [0.29, 0.717) is 0 Å². The summed E-state index contributed by atoms with van der Waals surface area (Å²) in [5.41, 5.74) is 0. The molecule has 0 aliphatic carbocycles. The molecule has 0 rings (SSSR count). The Bertz CT molecular complexity index is 223. The van der Waals surface area contributed by atoms with Crippen molar-refractivity contribution < 1.29 is 14.4 Å². The molecule has 13 heavy (non-hydrogen) atoms. The first-order chi connectivity index (χ1) is 5.99. The second-order valence-corrected chi connectivity index (χ2v) is 2.69. The van der Waals surface area contributed by atoms with Crippen molar-refractivity contribution in [2.24, 2.45) is 0 Å². The molecule has 1 unspecified atom stereocenters. The van der Waals surface area contributed by atoms with E-state index in [2.05, 4.69) is 0 Å². The van der Waals surface area contributed by atoms with Gasteiger partial charge in [-0.15, -0.1) is 0 Å². The molecule has 0 aliphatic rings. The Balaban J connectivity index is 4.41. The number of hydrogen-bond acceptors (Lipinski definition) is 3. The maximum absolute atomic E-state index is 11.0. The van der Waals surface area contributed by atoms with Crippen LogP contribution < -0.4 is 0 Å². The first-order valence-corrected chi connectivity index (χ1v) is 4.10. The summed E-state index contributed by atoms with van der Waals surface area (Å²) >= 11 is 0. The van der Waals surface area contributed by atoms with E-state index in [-0.39, 0.29) is 11.9 Å². The molecule has 0 aromatic heterocycles. The smallest absolute Gasteiger partial charge is 0.329 e. The Morgan fingerprint density at radius 1 is 1.38 bits per heavy atom. The van der Waals surface area contributed by atoms with Crippen LogP contribution in [0.4, 0.5) is 0 Å². The number of rotatable bonds is 2. The largest absolute Gasteiger partial charge is 0.338 e. The molecule has 0 bridgehead atoms. The summed E-state index contributed by atoms with van der Waals surface area (Å²) < 4.78 is 0. The minimum absolute atomic E-state index is 0.230. The predicted octanol–water partition coefficient (Wildman–Crippen LogP) is 1.28. The van der Waals surface area contributed by atoms with Crippen LogP contribution in [0.5, 0.6) is 0 Å². The van der Waals surface area contributed by atoms with E-state index in [9.17, 15) is 9.59 Å². The molecule has 0 saturated carbocycles. The second kappa shape index (κ2) is 5.35. The van der Waals surface area contributed by atoms with Crippen LogP contribution >= 0.6 is 0 Å². The number of amides is 1. The molecule has 1 amide bonds. The average Bonchev–Trinajstić information content (AvgIpc) is 1.99. The lowest BCUT2D eigenvalue weighted by molar-refractivity contribution is -0.199. The summed E-state index contributed by atoms with van der Waals surface area (Å²) in [6, 6.07) is -0.230. The van der Waals surface area contributed by atoms with E-state index in [1.165, 1.54) is 13.8 Å². The molecule has 0 heterocycles. The number of allylic oxidation sites excluding steroid dienone is 1. The van der Waals surface area contributed by atoms with Gasteiger partial charge in [0.05, 0.1) is 6.04 Å². The van der Waals surface area contributed by atoms with E-state index in [4.69, 9.17) is 4.84 Å². The lowest BCUT2D eigenvalue weighted by atomic mass is 10.3. The number of hydroxylamine groups is 2. The minimum atomic E-state index is -0.494. The van der Waals surface area contributed by atoms with Gasteiger partial charge in [0.2, 0.25) is 0 Å². The molecule has 0 aliphatic heterocycles. The Morgan fingerprint density at radius 3 is 2.23 bits per heavy atom. The van der Waals surface area contributed by atoms with Crippen molar-refractivity contribution in [3.05, 3.63) is 12.2 Å². The predicted molar refractivity (Wildman–Crippen MR) is 48.6 cm³/mol. The Hall–Kier alpha value is -1.32. The summed E-state index contributed by atoms with van der Waals surface area (Å²) in [5, 5.41) is 1.04. The quantitative estimate of drug-likeness (QED) is 0.481. The lowest BCUT2D eigenvalue weighted by Gasteiger charge is -2.23. The van der Waals surface area contributed by atoms with Crippen LogP contribution in [0.25, 0.3) is 0 Å². The van der Waals surface area contributed by atoms with Gasteiger partial charge in [-0.2, -0.15) is 5.06 Å². The second-order valence-electron chi connectivity index (χ2n) is 2.69. The highest BCUT2D eigenvalue weighted by atomic mass is 16.7. The van der Waals surface area contributed by atoms with Crippen molar-refractivity contribution in [3.8, 4) is 0 Å². The minimum Gasteiger partial charge on any atom is -0.338 e. The van der Waals surface area contributed by atoms with Gasteiger partial charge >= 0.3 is 5.97 Å². The highest BCUT2D eigenvalue weighted by molar-refractivity contribution is 5.75. The number of carbonyl (C=O) groups excluding carboxylic acids is 2. The van der Waals surface area contributed by atoms with Crippen LogP contribution in [0.15, 0.2) is 12.2 Å². The van der Waals surface area contributed by atoms with Crippen molar-refractivity contribution >= 4 is 11.9 Å². The molecule has 0 N–H and O–H groups in total. The van der Waals surface area contributed by atoms with Crippen LogP contribution in [0.3, 0.4) is 0 Å². The highest BCUT2D eigenvalue weighted by Gasteiger charge is 2.17. The van der Waals surface area contributed by atoms with Crippen molar-refractivity contribution in [1.82, 2.24) is 5.06 Å². The number of hydrogen-bond donors (Lipinski definition) is 0. The van der Waals surface area contributed by atoms with Crippen molar-refractivity contribution in [2.45, 2.75) is 33.7 Å². The van der Waals surface area contributed by atoms with Gasteiger partial charge in [0, 0.05) is 13.8 Å². The van der Waals surface area contributed by atoms with E-state index in [1.54, 1.807) is 19.1 Å². The van der Waals surface area contributed by atoms with E-state index in [1.807, 2.05) is 6.92 Å². The molecule has 0 aromatic rings.